The van der Waals surface area contributed by atoms with Gasteiger partial charge in [-0.15, -0.1) is 0 Å². The minimum atomic E-state index is -0.355. The first-order valence-corrected chi connectivity index (χ1v) is 5.20. The highest BCUT2D eigenvalue weighted by Gasteiger charge is 1.91. The number of halogens is 1. The topological polar surface area (TPSA) is 26.3 Å². The number of methoxy groups -OCH3 is 1. The number of hydrogen-bond acceptors (Lipinski definition) is 2. The van der Waals surface area contributed by atoms with Crippen molar-refractivity contribution in [2.75, 3.05) is 7.11 Å². The summed E-state index contributed by atoms with van der Waals surface area (Å²) in [5.74, 6) is -0.355. The Balaban J connectivity index is 2.63. The molecule has 0 heterocycles. The van der Waals surface area contributed by atoms with Crippen LogP contribution >= 0.6 is 15.9 Å². The lowest BCUT2D eigenvalue weighted by atomic mass is 10.2. The van der Waals surface area contributed by atoms with E-state index in [-0.39, 0.29) is 5.97 Å². The Morgan fingerprint density at radius 3 is 2.73 bits per heavy atom. The van der Waals surface area contributed by atoms with E-state index in [2.05, 4.69) is 20.7 Å². The van der Waals surface area contributed by atoms with Crippen LogP contribution in [0.1, 0.15) is 5.56 Å². The van der Waals surface area contributed by atoms with Gasteiger partial charge in [0.1, 0.15) is 0 Å². The summed E-state index contributed by atoms with van der Waals surface area (Å²) in [6.45, 7) is 0. The highest BCUT2D eigenvalue weighted by molar-refractivity contribution is 9.10. The van der Waals surface area contributed by atoms with Gasteiger partial charge < -0.3 is 4.74 Å². The van der Waals surface area contributed by atoms with Crippen molar-refractivity contribution in [3.05, 3.63) is 52.5 Å². The predicted molar refractivity (Wildman–Crippen MR) is 64.3 cm³/mol. The number of allylic oxidation sites excluding steroid dienone is 2. The van der Waals surface area contributed by atoms with E-state index in [9.17, 15) is 4.79 Å². The Kier molecular flexibility index (Phi) is 4.84. The van der Waals surface area contributed by atoms with Gasteiger partial charge in [-0.25, -0.2) is 4.79 Å². The van der Waals surface area contributed by atoms with E-state index in [0.29, 0.717) is 0 Å². The van der Waals surface area contributed by atoms with Crippen molar-refractivity contribution in [1.29, 1.82) is 0 Å². The van der Waals surface area contributed by atoms with E-state index in [0.717, 1.165) is 10.0 Å². The molecule has 0 aliphatic heterocycles. The Bertz CT molecular complexity index is 394. The molecule has 1 aromatic rings. The first kappa shape index (κ1) is 11.7. The second kappa shape index (κ2) is 6.19. The van der Waals surface area contributed by atoms with Gasteiger partial charge in [0.05, 0.1) is 7.11 Å². The van der Waals surface area contributed by atoms with Gasteiger partial charge in [0.25, 0.3) is 0 Å². The Morgan fingerprint density at radius 2 is 2.07 bits per heavy atom. The van der Waals surface area contributed by atoms with Crippen molar-refractivity contribution >= 4 is 28.0 Å². The molecule has 0 aromatic heterocycles. The Hall–Kier alpha value is -1.35. The lowest BCUT2D eigenvalue weighted by Gasteiger charge is -1.95. The summed E-state index contributed by atoms with van der Waals surface area (Å²) < 4.78 is 5.48. The van der Waals surface area contributed by atoms with Gasteiger partial charge in [-0.1, -0.05) is 52.4 Å². The lowest BCUT2D eigenvalue weighted by molar-refractivity contribution is -0.134. The zero-order chi connectivity index (χ0) is 11.1. The van der Waals surface area contributed by atoms with Crippen LogP contribution in [0, 0.1) is 0 Å². The van der Waals surface area contributed by atoms with Gasteiger partial charge in [0.15, 0.2) is 0 Å². The van der Waals surface area contributed by atoms with Gasteiger partial charge in [0, 0.05) is 10.5 Å². The third-order valence-electron chi connectivity index (χ3n) is 1.73. The maximum Gasteiger partial charge on any atom is 0.330 e. The first-order valence-electron chi connectivity index (χ1n) is 4.41. The molecular formula is C12H11BrO2. The summed E-state index contributed by atoms with van der Waals surface area (Å²) in [7, 11) is 1.35. The molecule has 0 fully saturated rings. The molecule has 0 N–H and O–H groups in total. The van der Waals surface area contributed by atoms with Crippen molar-refractivity contribution in [3.8, 4) is 0 Å². The zero-order valence-electron chi connectivity index (χ0n) is 8.31. The molecule has 2 nitrogen and oxygen atoms in total. The van der Waals surface area contributed by atoms with Gasteiger partial charge in [-0.2, -0.15) is 0 Å². The van der Waals surface area contributed by atoms with Crippen LogP contribution in [-0.2, 0) is 9.53 Å². The SMILES string of the molecule is COC(=O)/C=C\C=C\c1ccccc1Br. The highest BCUT2D eigenvalue weighted by Crippen LogP contribution is 2.16. The molecule has 0 saturated carbocycles. The maximum absolute atomic E-state index is 10.7. The molecule has 78 valence electrons. The second-order valence-electron chi connectivity index (χ2n) is 2.76. The molecule has 1 aromatic carbocycles. The van der Waals surface area contributed by atoms with E-state index in [4.69, 9.17) is 0 Å². The summed E-state index contributed by atoms with van der Waals surface area (Å²) in [6, 6.07) is 7.84. The quantitative estimate of drug-likeness (QED) is 0.477. The van der Waals surface area contributed by atoms with Gasteiger partial charge in [0.2, 0.25) is 0 Å². The van der Waals surface area contributed by atoms with Crippen LogP contribution < -0.4 is 0 Å². The highest BCUT2D eigenvalue weighted by atomic mass is 79.9. The number of ether oxygens (including phenoxy) is 1. The normalized spacial score (nSPS) is 11.1. The summed E-state index contributed by atoms with van der Waals surface area (Å²) in [5, 5.41) is 0. The fraction of sp³-hybridized carbons (Fsp3) is 0.0833. The van der Waals surface area contributed by atoms with Crippen LogP contribution in [0.15, 0.2) is 47.0 Å². The number of carbonyl (C=O) groups excluding carboxylic acids is 1. The van der Waals surface area contributed by atoms with E-state index >= 15 is 0 Å². The average molecular weight is 267 g/mol. The van der Waals surface area contributed by atoms with Crippen molar-refractivity contribution < 1.29 is 9.53 Å². The molecule has 0 bridgehead atoms. The minimum absolute atomic E-state index is 0.355. The number of esters is 1. The number of hydrogen-bond donors (Lipinski definition) is 0. The third-order valence-corrected chi connectivity index (χ3v) is 2.45. The van der Waals surface area contributed by atoms with Crippen LogP contribution in [0.25, 0.3) is 6.08 Å². The minimum Gasteiger partial charge on any atom is -0.466 e. The van der Waals surface area contributed by atoms with Crippen molar-refractivity contribution in [3.63, 3.8) is 0 Å². The molecule has 0 spiro atoms. The molecule has 0 unspecified atom stereocenters. The number of benzene rings is 1. The molecule has 0 saturated heterocycles. The Morgan fingerprint density at radius 1 is 1.33 bits per heavy atom. The zero-order valence-corrected chi connectivity index (χ0v) is 9.90. The number of carbonyl (C=O) groups is 1. The summed E-state index contributed by atoms with van der Waals surface area (Å²) >= 11 is 3.42. The first-order chi connectivity index (χ1) is 7.24. The molecular weight excluding hydrogens is 256 g/mol. The van der Waals surface area contributed by atoms with Crippen LogP contribution in [0.5, 0.6) is 0 Å². The van der Waals surface area contributed by atoms with Crippen LogP contribution in [0.4, 0.5) is 0 Å². The van der Waals surface area contributed by atoms with E-state index in [1.54, 1.807) is 12.2 Å². The molecule has 1 rings (SSSR count). The lowest BCUT2D eigenvalue weighted by Crippen LogP contribution is -1.92. The molecule has 0 aliphatic carbocycles. The smallest absolute Gasteiger partial charge is 0.330 e. The predicted octanol–water partition coefficient (Wildman–Crippen LogP) is 3.19. The van der Waals surface area contributed by atoms with Crippen molar-refractivity contribution in [1.82, 2.24) is 0 Å². The molecule has 0 atom stereocenters. The van der Waals surface area contributed by atoms with Crippen LogP contribution in [-0.4, -0.2) is 13.1 Å². The van der Waals surface area contributed by atoms with Gasteiger partial charge in [-0.3, -0.25) is 0 Å². The average Bonchev–Trinajstić information content (AvgIpc) is 2.26. The van der Waals surface area contributed by atoms with E-state index < -0.39 is 0 Å². The van der Waals surface area contributed by atoms with Crippen LogP contribution in [0.2, 0.25) is 0 Å². The molecule has 0 aliphatic rings. The van der Waals surface area contributed by atoms with Gasteiger partial charge in [-0.05, 0) is 11.6 Å². The fourth-order valence-electron chi connectivity index (χ4n) is 0.972. The van der Waals surface area contributed by atoms with Crippen molar-refractivity contribution in [2.24, 2.45) is 0 Å². The van der Waals surface area contributed by atoms with Gasteiger partial charge >= 0.3 is 5.97 Å². The Labute approximate surface area is 97.4 Å². The maximum atomic E-state index is 10.7. The second-order valence-corrected chi connectivity index (χ2v) is 3.62. The van der Waals surface area contributed by atoms with E-state index in [1.807, 2.05) is 30.3 Å². The summed E-state index contributed by atoms with van der Waals surface area (Å²) in [4.78, 5) is 10.7. The summed E-state index contributed by atoms with van der Waals surface area (Å²) in [5.41, 5.74) is 1.06. The molecule has 0 radical (unpaired) electrons. The summed E-state index contributed by atoms with van der Waals surface area (Å²) in [6.07, 6.45) is 6.71. The number of rotatable bonds is 3. The molecule has 0 amide bonds. The van der Waals surface area contributed by atoms with E-state index in [1.165, 1.54) is 13.2 Å². The van der Waals surface area contributed by atoms with Crippen molar-refractivity contribution in [2.45, 2.75) is 0 Å². The standard InChI is InChI=1S/C12H11BrO2/c1-15-12(14)9-5-3-7-10-6-2-4-8-11(10)13/h2-9H,1H3/b7-3+,9-5-. The largest absolute Gasteiger partial charge is 0.466 e. The monoisotopic (exact) mass is 266 g/mol. The third kappa shape index (κ3) is 4.13. The molecule has 15 heavy (non-hydrogen) atoms. The fourth-order valence-corrected chi connectivity index (χ4v) is 1.39. The van der Waals surface area contributed by atoms with Crippen LogP contribution in [0.3, 0.4) is 0 Å². The molecule has 3 heteroatoms.